The van der Waals surface area contributed by atoms with Crippen molar-refractivity contribution in [1.29, 1.82) is 0 Å². The van der Waals surface area contributed by atoms with Crippen LogP contribution in [0, 0.1) is 0 Å². The van der Waals surface area contributed by atoms with Crippen LogP contribution in [-0.2, 0) is 4.79 Å². The number of aliphatic hydroxyl groups excluding tert-OH is 2. The van der Waals surface area contributed by atoms with E-state index in [1.54, 1.807) is 6.08 Å². The number of nitrogens with one attached hydrogen (secondary N) is 1. The van der Waals surface area contributed by atoms with E-state index in [-0.39, 0.29) is 12.5 Å². The largest absolute Gasteiger partial charge is 0.394 e. The third-order valence-corrected chi connectivity index (χ3v) is 10.5. The first-order chi connectivity index (χ1) is 26.7. The number of aliphatic hydroxyl groups is 2. The summed E-state index contributed by atoms with van der Waals surface area (Å²) in [6.45, 7) is 4.28. The molecular weight excluding hydrogens is 663 g/mol. The number of rotatable bonds is 42. The van der Waals surface area contributed by atoms with Crippen molar-refractivity contribution in [2.24, 2.45) is 0 Å². The average molecular weight is 754 g/mol. The summed E-state index contributed by atoms with van der Waals surface area (Å²) in [5.41, 5.74) is 0. The molecule has 54 heavy (non-hydrogen) atoms. The molecule has 2 unspecified atom stereocenters. The average Bonchev–Trinajstić information content (AvgIpc) is 3.18. The molecule has 0 aliphatic rings. The predicted octanol–water partition coefficient (Wildman–Crippen LogP) is 14.9. The molecule has 0 aromatic heterocycles. The second kappa shape index (κ2) is 45.5. The Hall–Kier alpha value is -1.91. The Bertz CT molecular complexity index is 904. The van der Waals surface area contributed by atoms with Crippen molar-refractivity contribution in [3.05, 3.63) is 60.8 Å². The van der Waals surface area contributed by atoms with Crippen LogP contribution in [0.25, 0.3) is 0 Å². The lowest BCUT2D eigenvalue weighted by Gasteiger charge is -2.19. The molecule has 0 aromatic carbocycles. The summed E-state index contributed by atoms with van der Waals surface area (Å²) in [4.78, 5) is 12.4. The summed E-state index contributed by atoms with van der Waals surface area (Å²) < 4.78 is 0. The molecule has 2 atom stereocenters. The highest BCUT2D eigenvalue weighted by Crippen LogP contribution is 2.14. The first kappa shape index (κ1) is 52.1. The van der Waals surface area contributed by atoms with E-state index in [4.69, 9.17) is 0 Å². The van der Waals surface area contributed by atoms with E-state index < -0.39 is 12.1 Å². The molecule has 314 valence electrons. The number of carbonyl (C=O) groups excluding carboxylic acids is 1. The van der Waals surface area contributed by atoms with E-state index in [0.29, 0.717) is 6.42 Å². The van der Waals surface area contributed by atoms with Gasteiger partial charge in [-0.3, -0.25) is 4.79 Å². The molecular formula is C50H91NO3. The van der Waals surface area contributed by atoms with Crippen molar-refractivity contribution in [3.63, 3.8) is 0 Å². The van der Waals surface area contributed by atoms with Crippen LogP contribution in [0.4, 0.5) is 0 Å². The minimum absolute atomic E-state index is 0.0798. The molecule has 4 heteroatoms. The minimum Gasteiger partial charge on any atom is -0.394 e. The Labute approximate surface area is 336 Å². The zero-order valence-corrected chi connectivity index (χ0v) is 36.0. The molecule has 0 rings (SSSR count). The number of unbranched alkanes of at least 4 members (excludes halogenated alkanes) is 27. The summed E-state index contributed by atoms with van der Waals surface area (Å²) in [7, 11) is 0. The van der Waals surface area contributed by atoms with E-state index in [2.05, 4.69) is 67.8 Å². The van der Waals surface area contributed by atoms with Crippen molar-refractivity contribution in [1.82, 2.24) is 5.32 Å². The van der Waals surface area contributed by atoms with Gasteiger partial charge in [0.25, 0.3) is 0 Å². The Kier molecular flexibility index (Phi) is 43.9. The molecule has 0 aliphatic heterocycles. The highest BCUT2D eigenvalue weighted by Gasteiger charge is 2.17. The molecule has 3 N–H and O–H groups in total. The van der Waals surface area contributed by atoms with Gasteiger partial charge in [-0.1, -0.05) is 209 Å². The Morgan fingerprint density at radius 1 is 0.444 bits per heavy atom. The molecule has 0 aromatic rings. The maximum Gasteiger partial charge on any atom is 0.220 e. The Balaban J connectivity index is 3.60. The highest BCUT2D eigenvalue weighted by atomic mass is 16.3. The van der Waals surface area contributed by atoms with E-state index in [1.807, 2.05) is 6.08 Å². The second-order valence-electron chi connectivity index (χ2n) is 15.8. The number of carbonyl (C=O) groups is 1. The lowest BCUT2D eigenvalue weighted by molar-refractivity contribution is -0.123. The number of amides is 1. The molecule has 0 fully saturated rings. The van der Waals surface area contributed by atoms with E-state index in [0.717, 1.165) is 44.9 Å². The summed E-state index contributed by atoms with van der Waals surface area (Å²) in [6.07, 6.45) is 63.4. The van der Waals surface area contributed by atoms with Crippen LogP contribution >= 0.6 is 0 Å². The molecule has 0 aliphatic carbocycles. The monoisotopic (exact) mass is 754 g/mol. The fourth-order valence-electron chi connectivity index (χ4n) is 6.83. The molecule has 0 bridgehead atoms. The fraction of sp³-hybridized carbons (Fsp3) is 0.780. The standard InChI is InChI=1S/C50H91NO3/c1-3-5-7-9-11-13-15-17-19-21-22-23-24-25-26-27-28-30-32-34-36-38-40-42-44-46-50(54)51-48(47-52)49(53)45-43-41-39-37-35-33-31-29-20-18-16-14-12-10-8-6-4-2/h15,17,20-22,29,35,37,43,45,48-49,52-53H,3-14,16,18-19,23-28,30-34,36,38-42,44,46-47H2,1-2H3,(H,51,54)/b17-15-,22-21-,29-20+,37-35+,45-43+. The molecule has 0 saturated carbocycles. The van der Waals surface area contributed by atoms with Crippen LogP contribution in [0.1, 0.15) is 232 Å². The van der Waals surface area contributed by atoms with Crippen molar-refractivity contribution in [2.75, 3.05) is 6.61 Å². The molecule has 0 heterocycles. The topological polar surface area (TPSA) is 69.6 Å². The van der Waals surface area contributed by atoms with Gasteiger partial charge in [0.15, 0.2) is 0 Å². The third-order valence-electron chi connectivity index (χ3n) is 10.5. The predicted molar refractivity (Wildman–Crippen MR) is 239 cm³/mol. The molecule has 4 nitrogen and oxygen atoms in total. The van der Waals surface area contributed by atoms with Gasteiger partial charge in [0.05, 0.1) is 18.8 Å². The molecule has 1 amide bonds. The van der Waals surface area contributed by atoms with E-state index in [9.17, 15) is 15.0 Å². The maximum absolute atomic E-state index is 12.4. The Morgan fingerprint density at radius 2 is 0.778 bits per heavy atom. The lowest BCUT2D eigenvalue weighted by Crippen LogP contribution is -2.45. The number of allylic oxidation sites excluding steroid dienone is 9. The van der Waals surface area contributed by atoms with Crippen molar-refractivity contribution in [2.45, 2.75) is 244 Å². The van der Waals surface area contributed by atoms with Gasteiger partial charge in [-0.25, -0.2) is 0 Å². The van der Waals surface area contributed by atoms with Gasteiger partial charge >= 0.3 is 0 Å². The normalized spacial score (nSPS) is 13.5. The van der Waals surface area contributed by atoms with Crippen molar-refractivity contribution in [3.8, 4) is 0 Å². The first-order valence-electron chi connectivity index (χ1n) is 23.5. The van der Waals surface area contributed by atoms with Gasteiger partial charge in [0.2, 0.25) is 5.91 Å². The van der Waals surface area contributed by atoms with Crippen LogP contribution < -0.4 is 5.32 Å². The van der Waals surface area contributed by atoms with Crippen molar-refractivity contribution < 1.29 is 15.0 Å². The van der Waals surface area contributed by atoms with Crippen LogP contribution in [0.5, 0.6) is 0 Å². The van der Waals surface area contributed by atoms with Crippen LogP contribution in [0.2, 0.25) is 0 Å². The maximum atomic E-state index is 12.4. The molecule has 0 radical (unpaired) electrons. The van der Waals surface area contributed by atoms with Crippen LogP contribution in [0.3, 0.4) is 0 Å². The first-order valence-corrected chi connectivity index (χ1v) is 23.5. The summed E-state index contributed by atoms with van der Waals surface area (Å²) >= 11 is 0. The minimum atomic E-state index is -0.871. The van der Waals surface area contributed by atoms with E-state index in [1.165, 1.54) is 167 Å². The third kappa shape index (κ3) is 41.3. The summed E-state index contributed by atoms with van der Waals surface area (Å²) in [6, 6.07) is -0.647. The van der Waals surface area contributed by atoms with Gasteiger partial charge in [-0.05, 0) is 77.0 Å². The second-order valence-corrected chi connectivity index (χ2v) is 15.8. The lowest BCUT2D eigenvalue weighted by atomic mass is 10.0. The van der Waals surface area contributed by atoms with Gasteiger partial charge in [0.1, 0.15) is 0 Å². The van der Waals surface area contributed by atoms with Gasteiger partial charge in [-0.2, -0.15) is 0 Å². The van der Waals surface area contributed by atoms with Gasteiger partial charge in [0, 0.05) is 6.42 Å². The zero-order chi connectivity index (χ0) is 39.3. The van der Waals surface area contributed by atoms with Crippen LogP contribution in [0.15, 0.2) is 60.8 Å². The molecule has 0 saturated heterocycles. The summed E-state index contributed by atoms with van der Waals surface area (Å²) in [5, 5.41) is 23.0. The molecule has 0 spiro atoms. The quantitative estimate of drug-likeness (QED) is 0.0429. The SMILES string of the molecule is CCCCCCC/C=C\C/C=C\CCCCCCCCCCCCCCCC(=O)NC(CO)C(O)/C=C/CC/C=C/CC/C=C/CCCCCCCCC. The number of hydrogen-bond donors (Lipinski definition) is 3. The van der Waals surface area contributed by atoms with E-state index >= 15 is 0 Å². The summed E-state index contributed by atoms with van der Waals surface area (Å²) in [5.74, 6) is -0.0798. The fourth-order valence-corrected chi connectivity index (χ4v) is 6.83. The van der Waals surface area contributed by atoms with Crippen molar-refractivity contribution >= 4 is 5.91 Å². The van der Waals surface area contributed by atoms with Gasteiger partial charge < -0.3 is 15.5 Å². The van der Waals surface area contributed by atoms with Crippen LogP contribution in [-0.4, -0.2) is 34.9 Å². The van der Waals surface area contributed by atoms with Gasteiger partial charge in [-0.15, -0.1) is 0 Å². The Morgan fingerprint density at radius 3 is 1.19 bits per heavy atom. The zero-order valence-electron chi connectivity index (χ0n) is 36.0. The number of hydrogen-bond acceptors (Lipinski definition) is 3. The highest BCUT2D eigenvalue weighted by molar-refractivity contribution is 5.76. The smallest absolute Gasteiger partial charge is 0.220 e.